The zero-order chi connectivity index (χ0) is 21.5. The summed E-state index contributed by atoms with van der Waals surface area (Å²) < 4.78 is 0. The molecule has 2 aromatic heterocycles. The van der Waals surface area contributed by atoms with Crippen LogP contribution in [-0.4, -0.2) is 26.8 Å². The third-order valence-corrected chi connectivity index (χ3v) is 4.70. The predicted molar refractivity (Wildman–Crippen MR) is 122 cm³/mol. The van der Waals surface area contributed by atoms with Gasteiger partial charge in [-0.2, -0.15) is 5.10 Å². The molecular formula is C24H22N6O. The van der Waals surface area contributed by atoms with E-state index >= 15 is 0 Å². The lowest BCUT2D eigenvalue weighted by atomic mass is 10.1. The summed E-state index contributed by atoms with van der Waals surface area (Å²) in [6.45, 7) is 2.05. The highest BCUT2D eigenvalue weighted by Gasteiger charge is 2.11. The van der Waals surface area contributed by atoms with E-state index in [-0.39, 0.29) is 11.9 Å². The van der Waals surface area contributed by atoms with E-state index < -0.39 is 0 Å². The number of nitrogens with zero attached hydrogens (tertiary/aromatic N) is 3. The largest absolute Gasteiger partial charge is 0.364 e. The van der Waals surface area contributed by atoms with Gasteiger partial charge in [-0.05, 0) is 48.9 Å². The van der Waals surface area contributed by atoms with Crippen LogP contribution < -0.4 is 10.6 Å². The van der Waals surface area contributed by atoms with E-state index in [1.807, 2.05) is 67.8 Å². The molecule has 1 amide bonds. The number of allylic oxidation sites excluding steroid dienone is 5. The van der Waals surface area contributed by atoms with E-state index in [2.05, 4.69) is 25.8 Å². The number of H-pyrrole nitrogens is 1. The van der Waals surface area contributed by atoms with E-state index in [1.165, 1.54) is 0 Å². The summed E-state index contributed by atoms with van der Waals surface area (Å²) in [6.07, 6.45) is 16.4. The molecule has 0 spiro atoms. The summed E-state index contributed by atoms with van der Waals surface area (Å²) >= 11 is 0. The minimum atomic E-state index is -0.195. The summed E-state index contributed by atoms with van der Waals surface area (Å²) in [5.41, 5.74) is 3.97. The summed E-state index contributed by atoms with van der Waals surface area (Å²) in [4.78, 5) is 21.2. The number of aromatic nitrogens is 3. The molecule has 0 aliphatic carbocycles. The first kappa shape index (κ1) is 20.0. The molecule has 0 fully saturated rings. The van der Waals surface area contributed by atoms with E-state index in [4.69, 9.17) is 4.99 Å². The van der Waals surface area contributed by atoms with Crippen LogP contribution in [0.4, 0.5) is 5.69 Å². The summed E-state index contributed by atoms with van der Waals surface area (Å²) in [7, 11) is 0. The normalized spacial score (nSPS) is 19.5. The molecule has 7 heteroatoms. The van der Waals surface area contributed by atoms with Crippen LogP contribution in [0.15, 0.2) is 102 Å². The van der Waals surface area contributed by atoms with E-state index in [0.29, 0.717) is 5.56 Å². The number of aromatic amines is 1. The number of amides is 1. The third kappa shape index (κ3) is 5.22. The Morgan fingerprint density at radius 1 is 1.10 bits per heavy atom. The van der Waals surface area contributed by atoms with Gasteiger partial charge in [-0.15, -0.1) is 0 Å². The maximum absolute atomic E-state index is 12.4. The fourth-order valence-corrected chi connectivity index (χ4v) is 3.09. The first-order chi connectivity index (χ1) is 15.2. The zero-order valence-corrected chi connectivity index (χ0v) is 17.0. The Morgan fingerprint density at radius 2 is 2.03 bits per heavy atom. The molecule has 0 saturated heterocycles. The van der Waals surface area contributed by atoms with Gasteiger partial charge in [-0.1, -0.05) is 30.4 Å². The monoisotopic (exact) mass is 410 g/mol. The molecule has 1 atom stereocenters. The highest BCUT2D eigenvalue weighted by molar-refractivity contribution is 6.09. The molecule has 7 nitrogen and oxygen atoms in total. The van der Waals surface area contributed by atoms with E-state index in [9.17, 15) is 4.79 Å². The second kappa shape index (κ2) is 9.49. The van der Waals surface area contributed by atoms with Gasteiger partial charge >= 0.3 is 0 Å². The molecule has 0 radical (unpaired) electrons. The van der Waals surface area contributed by atoms with Crippen LogP contribution in [-0.2, 0) is 0 Å². The van der Waals surface area contributed by atoms with Gasteiger partial charge in [-0.3, -0.25) is 14.9 Å². The number of nitrogens with one attached hydrogen (secondary N) is 3. The van der Waals surface area contributed by atoms with Crippen LogP contribution in [0, 0.1) is 0 Å². The summed E-state index contributed by atoms with van der Waals surface area (Å²) in [5, 5.41) is 13.2. The highest BCUT2D eigenvalue weighted by atomic mass is 16.1. The Hall–Kier alpha value is -4.26. The van der Waals surface area contributed by atoms with E-state index in [0.717, 1.165) is 28.3 Å². The van der Waals surface area contributed by atoms with Crippen molar-refractivity contribution < 1.29 is 4.79 Å². The molecule has 0 saturated carbocycles. The Labute approximate surface area is 180 Å². The molecule has 1 aliphatic heterocycles. The third-order valence-electron chi connectivity index (χ3n) is 4.70. The van der Waals surface area contributed by atoms with Crippen LogP contribution in [0.3, 0.4) is 0 Å². The first-order valence-corrected chi connectivity index (χ1v) is 9.90. The minimum absolute atomic E-state index is 0.0346. The topological polar surface area (TPSA) is 95.1 Å². The van der Waals surface area contributed by atoms with Crippen LogP contribution in [0.1, 0.15) is 34.5 Å². The Balaban J connectivity index is 1.49. The van der Waals surface area contributed by atoms with Gasteiger partial charge in [0.25, 0.3) is 5.91 Å². The summed E-state index contributed by atoms with van der Waals surface area (Å²) in [5.74, 6) is 0.536. The van der Waals surface area contributed by atoms with Gasteiger partial charge < -0.3 is 10.6 Å². The molecule has 3 N–H and O–H groups in total. The number of carbonyl (C=O) groups is 1. The van der Waals surface area contributed by atoms with Crippen LogP contribution in [0.2, 0.25) is 0 Å². The first-order valence-electron chi connectivity index (χ1n) is 9.90. The lowest BCUT2D eigenvalue weighted by Crippen LogP contribution is -2.19. The van der Waals surface area contributed by atoms with Crippen LogP contribution in [0.25, 0.3) is 0 Å². The van der Waals surface area contributed by atoms with Crippen molar-refractivity contribution in [2.75, 3.05) is 5.32 Å². The molecule has 1 aromatic carbocycles. The van der Waals surface area contributed by atoms with Gasteiger partial charge in [-0.25, -0.2) is 4.99 Å². The molecular weight excluding hydrogens is 388 g/mol. The Kier molecular flexibility index (Phi) is 6.13. The van der Waals surface area contributed by atoms with Crippen LogP contribution >= 0.6 is 0 Å². The fraction of sp³-hybridized carbons (Fsp3) is 0.0833. The van der Waals surface area contributed by atoms with Crippen molar-refractivity contribution in [2.45, 2.75) is 13.0 Å². The number of carbonyl (C=O) groups excluding carboxylic acids is 1. The van der Waals surface area contributed by atoms with Crippen molar-refractivity contribution >= 4 is 17.3 Å². The molecule has 0 bridgehead atoms. The molecule has 3 aromatic rings. The highest BCUT2D eigenvalue weighted by Crippen LogP contribution is 2.20. The zero-order valence-electron chi connectivity index (χ0n) is 17.0. The average Bonchev–Trinajstić information content (AvgIpc) is 3.31. The van der Waals surface area contributed by atoms with E-state index in [1.54, 1.807) is 30.7 Å². The van der Waals surface area contributed by atoms with Gasteiger partial charge in [0, 0.05) is 29.8 Å². The van der Waals surface area contributed by atoms with Crippen molar-refractivity contribution in [3.63, 3.8) is 0 Å². The molecule has 3 heterocycles. The number of hydrogen-bond donors (Lipinski definition) is 3. The van der Waals surface area contributed by atoms with Crippen LogP contribution in [0.5, 0.6) is 0 Å². The maximum atomic E-state index is 12.4. The SMILES string of the molecule is C[C@H](NC1=C/C=C/C=C/C(c2cn[nH]c2)=N\1)c1cccc(NC(=O)c2cccnc2)c1. The van der Waals surface area contributed by atoms with Crippen molar-refractivity contribution in [3.05, 3.63) is 114 Å². The minimum Gasteiger partial charge on any atom is -0.364 e. The average molecular weight is 410 g/mol. The van der Waals surface area contributed by atoms with Gasteiger partial charge in [0.15, 0.2) is 0 Å². The van der Waals surface area contributed by atoms with Crippen molar-refractivity contribution in [1.82, 2.24) is 20.5 Å². The number of pyridine rings is 1. The number of aliphatic imine (C=N–C) groups is 1. The lowest BCUT2D eigenvalue weighted by Gasteiger charge is -2.18. The molecule has 154 valence electrons. The van der Waals surface area contributed by atoms with Gasteiger partial charge in [0.2, 0.25) is 0 Å². The number of benzene rings is 1. The molecule has 31 heavy (non-hydrogen) atoms. The quantitative estimate of drug-likeness (QED) is 0.569. The van der Waals surface area contributed by atoms with Gasteiger partial charge in [0.1, 0.15) is 5.82 Å². The Morgan fingerprint density at radius 3 is 2.84 bits per heavy atom. The molecule has 0 unspecified atom stereocenters. The maximum Gasteiger partial charge on any atom is 0.257 e. The summed E-state index contributed by atoms with van der Waals surface area (Å²) in [6, 6.07) is 11.2. The second-order valence-corrected chi connectivity index (χ2v) is 6.97. The van der Waals surface area contributed by atoms with Crippen molar-refractivity contribution in [3.8, 4) is 0 Å². The van der Waals surface area contributed by atoms with Crippen molar-refractivity contribution in [2.24, 2.45) is 4.99 Å². The van der Waals surface area contributed by atoms with Gasteiger partial charge in [0.05, 0.1) is 23.5 Å². The number of anilines is 1. The standard InChI is InChI=1S/C24H22N6O/c1-17(28-23-11-4-2-3-10-22(30-23)20-15-26-27-16-20)18-7-5-9-21(13-18)29-24(31)19-8-6-12-25-14-19/h2-17H,1H3,(H,26,27)(H,28,30)(H,29,31)/t17-/m0/s1. The second-order valence-electron chi connectivity index (χ2n) is 6.97. The smallest absolute Gasteiger partial charge is 0.257 e. The molecule has 1 aliphatic rings. The lowest BCUT2D eigenvalue weighted by molar-refractivity contribution is 0.102. The Bertz CT molecular complexity index is 1160. The van der Waals surface area contributed by atoms with Crippen molar-refractivity contribution in [1.29, 1.82) is 0 Å². The number of hydrogen-bond acceptors (Lipinski definition) is 5. The molecule has 4 rings (SSSR count). The number of rotatable bonds is 6. The fourth-order valence-electron chi connectivity index (χ4n) is 3.09. The predicted octanol–water partition coefficient (Wildman–Crippen LogP) is 4.16.